The van der Waals surface area contributed by atoms with E-state index in [0.29, 0.717) is 11.8 Å². The molecule has 0 saturated carbocycles. The number of carboxylic acids is 1. The number of benzene rings is 2. The number of aliphatic carboxylic acids is 1. The van der Waals surface area contributed by atoms with E-state index < -0.39 is 5.97 Å². The SMILES string of the molecule is COc1ccc2nccc(CCC[C@@H]3CCN(CCCc4ccccc4)C[C@@H]3CCC(=O)O)c2c1. The van der Waals surface area contributed by atoms with Gasteiger partial charge in [-0.3, -0.25) is 9.78 Å². The van der Waals surface area contributed by atoms with E-state index in [2.05, 4.69) is 52.3 Å². The zero-order chi connectivity index (χ0) is 24.5. The van der Waals surface area contributed by atoms with Crippen molar-refractivity contribution in [2.75, 3.05) is 26.7 Å². The maximum absolute atomic E-state index is 11.3. The lowest BCUT2D eigenvalue weighted by Crippen LogP contribution is -2.41. The largest absolute Gasteiger partial charge is 0.497 e. The Bertz CT molecular complexity index is 1090. The number of carbonyl (C=O) groups is 1. The number of hydrogen-bond donors (Lipinski definition) is 1. The van der Waals surface area contributed by atoms with Gasteiger partial charge in [0.25, 0.3) is 0 Å². The molecule has 4 rings (SSSR count). The summed E-state index contributed by atoms with van der Waals surface area (Å²) in [7, 11) is 1.70. The van der Waals surface area contributed by atoms with Crippen molar-refractivity contribution in [1.29, 1.82) is 0 Å². The predicted molar refractivity (Wildman–Crippen MR) is 141 cm³/mol. The molecule has 1 aromatic heterocycles. The number of methoxy groups -OCH3 is 1. The molecular weight excluding hydrogens is 436 g/mol. The summed E-state index contributed by atoms with van der Waals surface area (Å²) in [6.45, 7) is 3.25. The van der Waals surface area contributed by atoms with Gasteiger partial charge in [0.05, 0.1) is 12.6 Å². The van der Waals surface area contributed by atoms with Gasteiger partial charge in [-0.25, -0.2) is 0 Å². The van der Waals surface area contributed by atoms with Gasteiger partial charge in [-0.15, -0.1) is 0 Å². The molecule has 2 aromatic carbocycles. The van der Waals surface area contributed by atoms with Gasteiger partial charge in [0, 0.05) is 24.5 Å². The molecule has 186 valence electrons. The van der Waals surface area contributed by atoms with Crippen LogP contribution in [0.15, 0.2) is 60.8 Å². The summed E-state index contributed by atoms with van der Waals surface area (Å²) < 4.78 is 5.42. The summed E-state index contributed by atoms with van der Waals surface area (Å²) in [4.78, 5) is 18.4. The zero-order valence-electron chi connectivity index (χ0n) is 20.9. The van der Waals surface area contributed by atoms with E-state index in [1.54, 1.807) is 7.11 Å². The summed E-state index contributed by atoms with van der Waals surface area (Å²) in [6.07, 6.45) is 9.64. The Kier molecular flexibility index (Phi) is 9.13. The smallest absolute Gasteiger partial charge is 0.303 e. The van der Waals surface area contributed by atoms with Crippen molar-refractivity contribution in [3.8, 4) is 5.75 Å². The van der Waals surface area contributed by atoms with Gasteiger partial charge in [-0.2, -0.15) is 0 Å². The molecular formula is C30H38N2O3. The van der Waals surface area contributed by atoms with Crippen LogP contribution < -0.4 is 4.74 Å². The molecule has 1 aliphatic heterocycles. The highest BCUT2D eigenvalue weighted by atomic mass is 16.5. The molecule has 0 bridgehead atoms. The predicted octanol–water partition coefficient (Wildman–Crippen LogP) is 6.00. The molecule has 5 nitrogen and oxygen atoms in total. The molecule has 2 atom stereocenters. The maximum atomic E-state index is 11.3. The van der Waals surface area contributed by atoms with Crippen LogP contribution in [0.4, 0.5) is 0 Å². The molecule has 0 spiro atoms. The van der Waals surface area contributed by atoms with E-state index >= 15 is 0 Å². The molecule has 1 aliphatic rings. The number of hydrogen-bond acceptors (Lipinski definition) is 4. The van der Waals surface area contributed by atoms with Crippen LogP contribution in [-0.2, 0) is 17.6 Å². The van der Waals surface area contributed by atoms with Crippen molar-refractivity contribution in [2.24, 2.45) is 11.8 Å². The minimum absolute atomic E-state index is 0.272. The van der Waals surface area contributed by atoms with Gasteiger partial charge in [0.1, 0.15) is 5.75 Å². The Balaban J connectivity index is 1.31. The number of piperidine rings is 1. The Morgan fingerprint density at radius 3 is 2.71 bits per heavy atom. The molecule has 35 heavy (non-hydrogen) atoms. The second-order valence-corrected chi connectivity index (χ2v) is 9.88. The average molecular weight is 475 g/mol. The van der Waals surface area contributed by atoms with Crippen molar-refractivity contribution >= 4 is 16.9 Å². The quantitative estimate of drug-likeness (QED) is 0.349. The number of rotatable bonds is 12. The van der Waals surface area contributed by atoms with Gasteiger partial charge in [-0.05, 0) is 105 Å². The first-order chi connectivity index (χ1) is 17.1. The minimum Gasteiger partial charge on any atom is -0.497 e. The van der Waals surface area contributed by atoms with E-state index in [1.807, 2.05) is 18.3 Å². The summed E-state index contributed by atoms with van der Waals surface area (Å²) in [5.41, 5.74) is 3.71. The molecule has 0 amide bonds. The first kappa shape index (κ1) is 25.2. The lowest BCUT2D eigenvalue weighted by atomic mass is 9.79. The van der Waals surface area contributed by atoms with Crippen LogP contribution >= 0.6 is 0 Å². The van der Waals surface area contributed by atoms with Crippen LogP contribution in [0.5, 0.6) is 5.75 Å². The molecule has 1 N–H and O–H groups in total. The molecule has 0 aliphatic carbocycles. The highest BCUT2D eigenvalue weighted by molar-refractivity contribution is 5.83. The van der Waals surface area contributed by atoms with Gasteiger partial charge >= 0.3 is 5.97 Å². The lowest BCUT2D eigenvalue weighted by molar-refractivity contribution is -0.137. The van der Waals surface area contributed by atoms with Crippen LogP contribution in [0, 0.1) is 11.8 Å². The highest BCUT2D eigenvalue weighted by Crippen LogP contribution is 2.32. The van der Waals surface area contributed by atoms with Gasteiger partial charge in [-0.1, -0.05) is 30.3 Å². The lowest BCUT2D eigenvalue weighted by Gasteiger charge is -2.39. The number of ether oxygens (including phenoxy) is 1. The standard InChI is InChI=1S/C30H38N2O3/c1-35-27-13-14-29-28(21-27)25(16-18-31-29)11-5-10-24-17-20-32(22-26(24)12-15-30(33)34)19-6-9-23-7-3-2-4-8-23/h2-4,7-8,13-14,16,18,21,24,26H,5-6,9-12,15,17,19-20,22H2,1H3,(H,33,34)/t24-,26+/m1/s1. The van der Waals surface area contributed by atoms with Crippen molar-refractivity contribution in [3.05, 3.63) is 71.9 Å². The molecule has 0 unspecified atom stereocenters. The third-order valence-corrected chi connectivity index (χ3v) is 7.55. The fourth-order valence-electron chi connectivity index (χ4n) is 5.61. The van der Waals surface area contributed by atoms with E-state index in [-0.39, 0.29) is 6.42 Å². The number of aryl methyl sites for hydroxylation is 2. The Morgan fingerprint density at radius 2 is 1.91 bits per heavy atom. The summed E-state index contributed by atoms with van der Waals surface area (Å²) in [5.74, 6) is 1.25. The highest BCUT2D eigenvalue weighted by Gasteiger charge is 2.29. The van der Waals surface area contributed by atoms with Crippen LogP contribution in [0.1, 0.15) is 49.7 Å². The second kappa shape index (κ2) is 12.7. The number of pyridine rings is 1. The number of likely N-dealkylation sites (tertiary alicyclic amines) is 1. The topological polar surface area (TPSA) is 62.7 Å². The van der Waals surface area contributed by atoms with Crippen LogP contribution in [0.2, 0.25) is 0 Å². The Morgan fingerprint density at radius 1 is 1.06 bits per heavy atom. The van der Waals surface area contributed by atoms with Gasteiger partial charge in [0.15, 0.2) is 0 Å². The number of nitrogens with zero attached hydrogens (tertiary/aromatic N) is 2. The normalized spacial score (nSPS) is 18.5. The number of aromatic nitrogens is 1. The third-order valence-electron chi connectivity index (χ3n) is 7.55. The molecule has 5 heteroatoms. The molecule has 1 saturated heterocycles. The molecule has 0 radical (unpaired) electrons. The number of carboxylic acid groups (broad SMARTS) is 1. The van der Waals surface area contributed by atoms with E-state index in [4.69, 9.17) is 4.74 Å². The average Bonchev–Trinajstić information content (AvgIpc) is 2.88. The molecule has 3 aromatic rings. The maximum Gasteiger partial charge on any atom is 0.303 e. The molecule has 1 fully saturated rings. The van der Waals surface area contributed by atoms with Crippen molar-refractivity contribution in [2.45, 2.75) is 51.4 Å². The number of fused-ring (bicyclic) bond motifs is 1. The van der Waals surface area contributed by atoms with E-state index in [0.717, 1.165) is 69.4 Å². The summed E-state index contributed by atoms with van der Waals surface area (Å²) in [6, 6.07) is 18.9. The van der Waals surface area contributed by atoms with Gasteiger partial charge in [0.2, 0.25) is 0 Å². The van der Waals surface area contributed by atoms with Crippen molar-refractivity contribution in [3.63, 3.8) is 0 Å². The Labute approximate surface area is 209 Å². The fraction of sp³-hybridized carbons (Fsp3) is 0.467. The van der Waals surface area contributed by atoms with E-state index in [9.17, 15) is 9.90 Å². The monoisotopic (exact) mass is 474 g/mol. The fourth-order valence-corrected chi connectivity index (χ4v) is 5.61. The first-order valence-corrected chi connectivity index (χ1v) is 13.0. The zero-order valence-corrected chi connectivity index (χ0v) is 20.9. The van der Waals surface area contributed by atoms with E-state index in [1.165, 1.54) is 22.9 Å². The summed E-state index contributed by atoms with van der Waals surface area (Å²) in [5, 5.41) is 10.5. The summed E-state index contributed by atoms with van der Waals surface area (Å²) >= 11 is 0. The van der Waals surface area contributed by atoms with Crippen LogP contribution in [-0.4, -0.2) is 47.7 Å². The minimum atomic E-state index is -0.679. The molecule has 2 heterocycles. The van der Waals surface area contributed by atoms with Crippen LogP contribution in [0.3, 0.4) is 0 Å². The van der Waals surface area contributed by atoms with Gasteiger partial charge < -0.3 is 14.7 Å². The van der Waals surface area contributed by atoms with Crippen molar-refractivity contribution in [1.82, 2.24) is 9.88 Å². The third kappa shape index (κ3) is 7.28. The van der Waals surface area contributed by atoms with Crippen LogP contribution in [0.25, 0.3) is 10.9 Å². The Hall–Kier alpha value is -2.92. The van der Waals surface area contributed by atoms with Crippen molar-refractivity contribution < 1.29 is 14.6 Å². The second-order valence-electron chi connectivity index (χ2n) is 9.88. The first-order valence-electron chi connectivity index (χ1n) is 13.0.